The van der Waals surface area contributed by atoms with Crippen molar-refractivity contribution in [2.45, 2.75) is 13.1 Å². The number of pyridine rings is 1. The van der Waals surface area contributed by atoms with Crippen LogP contribution in [0.4, 0.5) is 11.4 Å². The summed E-state index contributed by atoms with van der Waals surface area (Å²) in [7, 11) is 3.16. The van der Waals surface area contributed by atoms with E-state index >= 15 is 0 Å². The summed E-state index contributed by atoms with van der Waals surface area (Å²) in [5, 5.41) is 6.86. The van der Waals surface area contributed by atoms with Gasteiger partial charge in [0.15, 0.2) is 11.5 Å². The molecule has 1 aromatic heterocycles. The number of carbonyl (C=O) groups is 1. The van der Waals surface area contributed by atoms with Gasteiger partial charge in [0.25, 0.3) is 5.56 Å². The van der Waals surface area contributed by atoms with E-state index in [4.69, 9.17) is 18.9 Å². The number of ether oxygens (including phenoxy) is 4. The van der Waals surface area contributed by atoms with Crippen LogP contribution in [0, 0.1) is 0 Å². The van der Waals surface area contributed by atoms with Crippen LogP contribution in [0.3, 0.4) is 0 Å². The molecule has 2 N–H and O–H groups in total. The van der Waals surface area contributed by atoms with Crippen LogP contribution in [0.1, 0.15) is 5.56 Å². The lowest BCUT2D eigenvalue weighted by Gasteiger charge is -2.15. The second kappa shape index (κ2) is 9.91. The third-order valence-electron chi connectivity index (χ3n) is 5.89. The van der Waals surface area contributed by atoms with Crippen molar-refractivity contribution in [1.82, 2.24) is 4.57 Å². The van der Waals surface area contributed by atoms with E-state index in [2.05, 4.69) is 10.6 Å². The average molecular weight is 488 g/mol. The largest absolute Gasteiger partial charge is 0.497 e. The highest BCUT2D eigenvalue weighted by Gasteiger charge is 2.19. The van der Waals surface area contributed by atoms with Gasteiger partial charge in [-0.1, -0.05) is 6.07 Å². The van der Waals surface area contributed by atoms with Crippen molar-refractivity contribution in [3.05, 3.63) is 82.6 Å². The molecule has 0 aliphatic carbocycles. The third kappa shape index (κ3) is 4.76. The molecule has 0 saturated carbocycles. The minimum Gasteiger partial charge on any atom is -0.497 e. The van der Waals surface area contributed by atoms with E-state index in [1.54, 1.807) is 44.6 Å². The van der Waals surface area contributed by atoms with Gasteiger partial charge < -0.3 is 29.6 Å². The Hall–Kier alpha value is -4.66. The molecular weight excluding hydrogens is 462 g/mol. The summed E-state index contributed by atoms with van der Waals surface area (Å²) in [6.45, 7) is 0.202. The van der Waals surface area contributed by atoms with Crippen LogP contribution in [0.2, 0.25) is 0 Å². The molecule has 4 aromatic rings. The van der Waals surface area contributed by atoms with Crippen molar-refractivity contribution in [2.24, 2.45) is 0 Å². The van der Waals surface area contributed by atoms with E-state index in [1.807, 2.05) is 36.4 Å². The number of amides is 1. The minimum atomic E-state index is -0.343. The van der Waals surface area contributed by atoms with Gasteiger partial charge in [-0.3, -0.25) is 14.2 Å². The van der Waals surface area contributed by atoms with Crippen LogP contribution < -0.4 is 35.1 Å². The van der Waals surface area contributed by atoms with E-state index in [1.165, 1.54) is 4.57 Å². The van der Waals surface area contributed by atoms with Gasteiger partial charge in [0.05, 0.1) is 19.7 Å². The number of nitrogens with one attached hydrogen (secondary N) is 2. The van der Waals surface area contributed by atoms with Gasteiger partial charge >= 0.3 is 0 Å². The van der Waals surface area contributed by atoms with Crippen LogP contribution >= 0.6 is 0 Å². The van der Waals surface area contributed by atoms with Crippen molar-refractivity contribution in [3.63, 3.8) is 0 Å². The zero-order chi connectivity index (χ0) is 25.1. The standard InChI is InChI=1S/C27H25N3O6/c1-33-21-8-6-19(7-9-21)28-14-18-10-17-11-24-25(36-16-35-24)13-23(17)30(27(18)32)15-26(31)29-20-4-3-5-22(12-20)34-2/h3-13,28H,14-16H2,1-2H3,(H,29,31). The second-order valence-corrected chi connectivity index (χ2v) is 8.19. The van der Waals surface area contributed by atoms with Crippen molar-refractivity contribution in [3.8, 4) is 23.0 Å². The number of fused-ring (bicyclic) bond motifs is 2. The van der Waals surface area contributed by atoms with Gasteiger partial charge in [0.1, 0.15) is 18.0 Å². The Kier molecular flexibility index (Phi) is 6.36. The number of hydrogen-bond acceptors (Lipinski definition) is 7. The molecule has 9 heteroatoms. The normalized spacial score (nSPS) is 11.8. The van der Waals surface area contributed by atoms with Crippen molar-refractivity contribution < 1.29 is 23.7 Å². The lowest BCUT2D eigenvalue weighted by molar-refractivity contribution is -0.116. The first-order valence-electron chi connectivity index (χ1n) is 11.3. The van der Waals surface area contributed by atoms with E-state index < -0.39 is 0 Å². The topological polar surface area (TPSA) is 100 Å². The van der Waals surface area contributed by atoms with Gasteiger partial charge in [-0.15, -0.1) is 0 Å². The Balaban J connectivity index is 1.47. The molecule has 184 valence electrons. The van der Waals surface area contributed by atoms with Crippen LogP contribution in [0.15, 0.2) is 71.5 Å². The molecule has 1 aliphatic heterocycles. The zero-order valence-electron chi connectivity index (χ0n) is 19.9. The van der Waals surface area contributed by atoms with Gasteiger partial charge in [-0.2, -0.15) is 0 Å². The van der Waals surface area contributed by atoms with E-state index in [0.29, 0.717) is 34.0 Å². The van der Waals surface area contributed by atoms with Crippen molar-refractivity contribution in [1.29, 1.82) is 0 Å². The first-order chi connectivity index (χ1) is 17.5. The summed E-state index contributed by atoms with van der Waals surface area (Å²) >= 11 is 0. The molecule has 9 nitrogen and oxygen atoms in total. The lowest BCUT2D eigenvalue weighted by atomic mass is 10.1. The predicted molar refractivity (Wildman–Crippen MR) is 136 cm³/mol. The van der Waals surface area contributed by atoms with Crippen LogP contribution in [-0.4, -0.2) is 31.5 Å². The van der Waals surface area contributed by atoms with Gasteiger partial charge in [-0.25, -0.2) is 0 Å². The highest BCUT2D eigenvalue weighted by Crippen LogP contribution is 2.36. The number of carbonyl (C=O) groups excluding carboxylic acids is 1. The maximum atomic E-state index is 13.5. The SMILES string of the molecule is COc1ccc(NCc2cc3cc4c(cc3n(CC(=O)Nc3cccc(OC)c3)c2=O)OCO4)cc1. The Morgan fingerprint density at radius 1 is 0.917 bits per heavy atom. The average Bonchev–Trinajstić information content (AvgIpc) is 3.36. The summed E-state index contributed by atoms with van der Waals surface area (Å²) in [6.07, 6.45) is 0. The summed E-state index contributed by atoms with van der Waals surface area (Å²) in [4.78, 5) is 26.5. The fourth-order valence-electron chi connectivity index (χ4n) is 4.06. The molecule has 0 radical (unpaired) electrons. The molecule has 36 heavy (non-hydrogen) atoms. The molecule has 2 heterocycles. The number of nitrogens with zero attached hydrogens (tertiary/aromatic N) is 1. The molecule has 0 spiro atoms. The smallest absolute Gasteiger partial charge is 0.256 e. The Morgan fingerprint density at radius 2 is 1.67 bits per heavy atom. The van der Waals surface area contributed by atoms with E-state index in [0.717, 1.165) is 16.8 Å². The fraction of sp³-hybridized carbons (Fsp3) is 0.185. The molecule has 0 unspecified atom stereocenters. The molecule has 0 bridgehead atoms. The summed E-state index contributed by atoms with van der Waals surface area (Å²) < 4.78 is 22.9. The molecule has 1 aliphatic rings. The number of aromatic nitrogens is 1. The van der Waals surface area contributed by atoms with Crippen molar-refractivity contribution in [2.75, 3.05) is 31.6 Å². The monoisotopic (exact) mass is 487 g/mol. The Labute approximate surface area is 207 Å². The highest BCUT2D eigenvalue weighted by atomic mass is 16.7. The molecule has 3 aromatic carbocycles. The summed E-state index contributed by atoms with van der Waals surface area (Å²) in [5.41, 5.74) is 2.22. The number of anilines is 2. The van der Waals surface area contributed by atoms with Crippen molar-refractivity contribution >= 4 is 28.2 Å². The Morgan fingerprint density at radius 3 is 2.42 bits per heavy atom. The van der Waals surface area contributed by atoms with E-state index in [9.17, 15) is 9.59 Å². The maximum Gasteiger partial charge on any atom is 0.256 e. The van der Waals surface area contributed by atoms with Crippen LogP contribution in [0.5, 0.6) is 23.0 Å². The molecule has 5 rings (SSSR count). The van der Waals surface area contributed by atoms with E-state index in [-0.39, 0.29) is 31.3 Å². The van der Waals surface area contributed by atoms with Gasteiger partial charge in [0.2, 0.25) is 12.7 Å². The fourth-order valence-corrected chi connectivity index (χ4v) is 4.06. The zero-order valence-corrected chi connectivity index (χ0v) is 19.9. The number of rotatable bonds is 8. The number of methoxy groups -OCH3 is 2. The third-order valence-corrected chi connectivity index (χ3v) is 5.89. The minimum absolute atomic E-state index is 0.109. The van der Waals surface area contributed by atoms with Crippen LogP contribution in [0.25, 0.3) is 10.9 Å². The first-order valence-corrected chi connectivity index (χ1v) is 11.3. The lowest BCUT2D eigenvalue weighted by Crippen LogP contribution is -2.30. The Bertz CT molecular complexity index is 1480. The van der Waals surface area contributed by atoms with Crippen LogP contribution in [-0.2, 0) is 17.9 Å². The molecule has 0 atom stereocenters. The predicted octanol–water partition coefficient (Wildman–Crippen LogP) is 4.00. The molecule has 1 amide bonds. The number of benzene rings is 3. The molecule has 0 fully saturated rings. The number of hydrogen-bond donors (Lipinski definition) is 2. The highest BCUT2D eigenvalue weighted by molar-refractivity contribution is 5.92. The first kappa shape index (κ1) is 23.1. The van der Waals surface area contributed by atoms with Gasteiger partial charge in [-0.05, 0) is 48.5 Å². The van der Waals surface area contributed by atoms with Gasteiger partial charge in [0, 0.05) is 41.0 Å². The summed E-state index contributed by atoms with van der Waals surface area (Å²) in [6, 6.07) is 19.8. The maximum absolute atomic E-state index is 13.5. The molecular formula is C27H25N3O6. The second-order valence-electron chi connectivity index (χ2n) is 8.19. The summed E-state index contributed by atoms with van der Waals surface area (Å²) in [5.74, 6) is 2.15. The molecule has 0 saturated heterocycles. The quantitative estimate of drug-likeness (QED) is 0.388.